The molecule has 0 N–H and O–H groups in total. The zero-order valence-electron chi connectivity index (χ0n) is 15.4. The largest absolute Gasteiger partial charge is 0.368 e. The lowest BCUT2D eigenvalue weighted by molar-refractivity contribution is -0.122. The third-order valence-electron chi connectivity index (χ3n) is 4.62. The first-order chi connectivity index (χ1) is 13.2. The number of benzene rings is 2. The summed E-state index contributed by atoms with van der Waals surface area (Å²) in [5, 5.41) is 0. The van der Waals surface area contributed by atoms with E-state index in [0.29, 0.717) is 19.6 Å². The minimum Gasteiger partial charge on any atom is -0.368 e. The molecule has 0 unspecified atom stereocenters. The number of carbonyl (C=O) groups is 1. The number of carbonyl (C=O) groups excluding carboxylic acids is 1. The number of hydrogen-bond acceptors (Lipinski definition) is 4. The van der Waals surface area contributed by atoms with E-state index < -0.39 is 0 Å². The van der Waals surface area contributed by atoms with Gasteiger partial charge >= 0.3 is 0 Å². The van der Waals surface area contributed by atoms with Crippen LogP contribution in [0.1, 0.15) is 24.5 Å². The molecule has 0 aliphatic carbocycles. The highest BCUT2D eigenvalue weighted by atomic mass is 127. The maximum atomic E-state index is 11.7. The summed E-state index contributed by atoms with van der Waals surface area (Å²) >= 11 is 2.31. The molecule has 1 saturated heterocycles. The Balaban J connectivity index is 1.71. The zero-order valence-corrected chi connectivity index (χ0v) is 17.6. The first kappa shape index (κ1) is 20.5. The van der Waals surface area contributed by atoms with Crippen molar-refractivity contribution < 1.29 is 19.0 Å². The maximum absolute atomic E-state index is 11.7. The van der Waals surface area contributed by atoms with Gasteiger partial charge in [0.05, 0.1) is 25.4 Å². The van der Waals surface area contributed by atoms with E-state index in [1.165, 1.54) is 0 Å². The summed E-state index contributed by atoms with van der Waals surface area (Å²) in [6.45, 7) is 2.57. The van der Waals surface area contributed by atoms with E-state index in [0.717, 1.165) is 15.6 Å². The van der Waals surface area contributed by atoms with Gasteiger partial charge in [-0.25, -0.2) is 0 Å². The smallest absolute Gasteiger partial charge is 0.132 e. The van der Waals surface area contributed by atoms with Crippen molar-refractivity contribution in [2.45, 2.75) is 51.0 Å². The number of ketones is 1. The van der Waals surface area contributed by atoms with Crippen LogP contribution in [0.15, 0.2) is 60.7 Å². The van der Waals surface area contributed by atoms with E-state index in [4.69, 9.17) is 14.2 Å². The highest BCUT2D eigenvalue weighted by Gasteiger charge is 2.46. The monoisotopic (exact) mass is 480 g/mol. The Labute approximate surface area is 174 Å². The lowest BCUT2D eigenvalue weighted by atomic mass is 10.0. The summed E-state index contributed by atoms with van der Waals surface area (Å²) in [5.41, 5.74) is 2.21. The Morgan fingerprint density at radius 3 is 1.81 bits per heavy atom. The topological polar surface area (TPSA) is 44.8 Å². The molecular weight excluding hydrogens is 455 g/mol. The quantitative estimate of drug-likeness (QED) is 0.396. The van der Waals surface area contributed by atoms with E-state index in [-0.39, 0.29) is 30.2 Å². The molecule has 27 heavy (non-hydrogen) atoms. The van der Waals surface area contributed by atoms with Gasteiger partial charge in [-0.1, -0.05) is 83.3 Å². The molecule has 1 heterocycles. The molecule has 2 aromatic carbocycles. The van der Waals surface area contributed by atoms with Crippen LogP contribution in [-0.4, -0.2) is 34.6 Å². The van der Waals surface area contributed by atoms with Crippen molar-refractivity contribution in [3.63, 3.8) is 0 Å². The van der Waals surface area contributed by atoms with Gasteiger partial charge in [-0.3, -0.25) is 4.79 Å². The molecule has 2 aromatic rings. The molecule has 5 heteroatoms. The Morgan fingerprint density at radius 1 is 0.889 bits per heavy atom. The second kappa shape index (κ2) is 10.3. The molecule has 1 fully saturated rings. The molecule has 4 nitrogen and oxygen atoms in total. The van der Waals surface area contributed by atoms with Gasteiger partial charge in [-0.2, -0.15) is 0 Å². The van der Waals surface area contributed by atoms with Crippen molar-refractivity contribution >= 4 is 28.4 Å². The van der Waals surface area contributed by atoms with Crippen LogP contribution in [0.3, 0.4) is 0 Å². The first-order valence-electron chi connectivity index (χ1n) is 9.19. The van der Waals surface area contributed by atoms with E-state index in [2.05, 4.69) is 22.6 Å². The molecule has 0 bridgehead atoms. The van der Waals surface area contributed by atoms with Gasteiger partial charge in [0.1, 0.15) is 18.0 Å². The van der Waals surface area contributed by atoms with Crippen LogP contribution in [0.2, 0.25) is 0 Å². The summed E-state index contributed by atoms with van der Waals surface area (Å²) in [6, 6.07) is 20.1. The first-order valence-corrected chi connectivity index (χ1v) is 10.7. The number of Topliss-reactive ketones (excluding diaryl/α,β-unsaturated/α-hetero) is 1. The number of ether oxygens (including phenoxy) is 3. The molecule has 3 rings (SSSR count). The van der Waals surface area contributed by atoms with Crippen molar-refractivity contribution in [3.8, 4) is 0 Å². The highest BCUT2D eigenvalue weighted by Crippen LogP contribution is 2.31. The van der Waals surface area contributed by atoms with Gasteiger partial charge in [0.2, 0.25) is 0 Å². The number of alkyl halides is 1. The lowest BCUT2D eigenvalue weighted by Crippen LogP contribution is -2.38. The molecule has 1 aliphatic rings. The summed E-state index contributed by atoms with van der Waals surface area (Å²) in [5.74, 6) is 0.101. The van der Waals surface area contributed by atoms with Crippen LogP contribution in [0, 0.1) is 0 Å². The van der Waals surface area contributed by atoms with E-state index in [1.54, 1.807) is 6.92 Å². The van der Waals surface area contributed by atoms with Gasteiger partial charge < -0.3 is 14.2 Å². The second-order valence-corrected chi connectivity index (χ2v) is 7.68. The Morgan fingerprint density at radius 2 is 1.37 bits per heavy atom. The standard InChI is InChI=1S/C22H25IO4/c1-16(24)12-19-21(25-14-17-8-4-2-5-9-17)22(20(13-23)27-19)26-15-18-10-6-3-7-11-18/h2-11,19-22H,12-15H2,1H3/t19-,20-,21+,22-/m1/s1. The summed E-state index contributed by atoms with van der Waals surface area (Å²) in [4.78, 5) is 11.7. The van der Waals surface area contributed by atoms with E-state index in [9.17, 15) is 4.79 Å². The third-order valence-corrected chi connectivity index (χ3v) is 5.49. The van der Waals surface area contributed by atoms with Gasteiger partial charge in [-0.15, -0.1) is 0 Å². The van der Waals surface area contributed by atoms with Crippen LogP contribution in [0.4, 0.5) is 0 Å². The fourth-order valence-electron chi connectivity index (χ4n) is 3.31. The molecule has 0 spiro atoms. The van der Waals surface area contributed by atoms with Crippen molar-refractivity contribution in [2.75, 3.05) is 4.43 Å². The van der Waals surface area contributed by atoms with Gasteiger partial charge in [0.15, 0.2) is 0 Å². The van der Waals surface area contributed by atoms with Crippen LogP contribution < -0.4 is 0 Å². The molecule has 0 aromatic heterocycles. The average Bonchev–Trinajstić information content (AvgIpc) is 3.02. The molecule has 0 saturated carbocycles. The summed E-state index contributed by atoms with van der Waals surface area (Å²) < 4.78 is 19.4. The number of rotatable bonds is 9. The van der Waals surface area contributed by atoms with Gasteiger partial charge in [0, 0.05) is 10.8 Å². The predicted octanol–water partition coefficient (Wildman–Crippen LogP) is 4.34. The molecule has 0 amide bonds. The second-order valence-electron chi connectivity index (χ2n) is 6.80. The molecule has 0 radical (unpaired) electrons. The minimum absolute atomic E-state index is 0.0839. The molecule has 144 valence electrons. The van der Waals surface area contributed by atoms with Crippen molar-refractivity contribution in [3.05, 3.63) is 71.8 Å². The van der Waals surface area contributed by atoms with Crippen LogP contribution in [-0.2, 0) is 32.2 Å². The van der Waals surface area contributed by atoms with E-state index in [1.807, 2.05) is 60.7 Å². The summed E-state index contributed by atoms with van der Waals surface area (Å²) in [6.07, 6.45) is -0.475. The fraction of sp³-hybridized carbons (Fsp3) is 0.409. The number of hydrogen-bond donors (Lipinski definition) is 0. The summed E-state index contributed by atoms with van der Waals surface area (Å²) in [7, 11) is 0. The molecular formula is C22H25IO4. The maximum Gasteiger partial charge on any atom is 0.132 e. The average molecular weight is 480 g/mol. The van der Waals surface area contributed by atoms with Gasteiger partial charge in [0.25, 0.3) is 0 Å². The van der Waals surface area contributed by atoms with Crippen LogP contribution in [0.5, 0.6) is 0 Å². The van der Waals surface area contributed by atoms with Gasteiger partial charge in [-0.05, 0) is 18.1 Å². The Kier molecular flexibility index (Phi) is 7.81. The fourth-order valence-corrected chi connectivity index (χ4v) is 4.02. The SMILES string of the molecule is CC(=O)C[C@H]1O[C@H](CI)[C@@H](OCc2ccccc2)[C@H]1OCc1ccccc1. The highest BCUT2D eigenvalue weighted by molar-refractivity contribution is 14.1. The number of halogens is 1. The van der Waals surface area contributed by atoms with Crippen LogP contribution >= 0.6 is 22.6 Å². The predicted molar refractivity (Wildman–Crippen MR) is 113 cm³/mol. The van der Waals surface area contributed by atoms with Crippen molar-refractivity contribution in [1.29, 1.82) is 0 Å². The minimum atomic E-state index is -0.272. The molecule has 1 aliphatic heterocycles. The lowest BCUT2D eigenvalue weighted by Gasteiger charge is -2.24. The van der Waals surface area contributed by atoms with Crippen molar-refractivity contribution in [2.24, 2.45) is 0 Å². The normalized spacial score (nSPS) is 24.8. The Hall–Kier alpha value is -1.28. The molecule has 4 atom stereocenters. The third kappa shape index (κ3) is 5.85. The zero-order chi connectivity index (χ0) is 19.1. The van der Waals surface area contributed by atoms with Crippen molar-refractivity contribution in [1.82, 2.24) is 0 Å². The van der Waals surface area contributed by atoms with E-state index >= 15 is 0 Å². The van der Waals surface area contributed by atoms with Crippen LogP contribution in [0.25, 0.3) is 0 Å². The Bertz CT molecular complexity index is 707.